The average Bonchev–Trinajstić information content (AvgIpc) is 2.97. The molecular weight excluding hydrogens is 249 g/mol. The molecule has 0 radical (unpaired) electrons. The Morgan fingerprint density at radius 2 is 2.06 bits per heavy atom. The van der Waals surface area contributed by atoms with E-state index >= 15 is 0 Å². The van der Waals surface area contributed by atoms with Gasteiger partial charge in [0.25, 0.3) is 0 Å². The van der Waals surface area contributed by atoms with Crippen LogP contribution in [0.2, 0.25) is 0 Å². The minimum atomic E-state index is -4.69. The van der Waals surface area contributed by atoms with Crippen LogP contribution in [-0.2, 0) is 4.79 Å². The lowest BCUT2D eigenvalue weighted by atomic mass is 10.1. The molecule has 2 aliphatic rings. The summed E-state index contributed by atoms with van der Waals surface area (Å²) in [6.45, 7) is 1.09. The van der Waals surface area contributed by atoms with E-state index in [1.807, 2.05) is 0 Å². The van der Waals surface area contributed by atoms with E-state index < -0.39 is 24.6 Å². The molecule has 1 aliphatic carbocycles. The van der Waals surface area contributed by atoms with Gasteiger partial charge >= 0.3 is 12.1 Å². The van der Waals surface area contributed by atoms with Crippen LogP contribution in [-0.4, -0.2) is 53.9 Å². The average molecular weight is 266 g/mol. The summed E-state index contributed by atoms with van der Waals surface area (Å²) in [5.41, 5.74) is 0. The summed E-state index contributed by atoms with van der Waals surface area (Å²) in [5.74, 6) is -4.13. The van der Waals surface area contributed by atoms with Crippen molar-refractivity contribution >= 4 is 5.97 Å². The minimum Gasteiger partial charge on any atom is -0.481 e. The molecule has 0 aromatic rings. The zero-order chi connectivity index (χ0) is 13.3. The maximum Gasteiger partial charge on any atom is 0.403 e. The molecule has 2 fully saturated rings. The van der Waals surface area contributed by atoms with Gasteiger partial charge in [0.2, 0.25) is 0 Å². The summed E-state index contributed by atoms with van der Waals surface area (Å²) < 4.78 is 37.3. The van der Waals surface area contributed by atoms with Crippen LogP contribution in [0.1, 0.15) is 19.3 Å². The van der Waals surface area contributed by atoms with Gasteiger partial charge in [-0.3, -0.25) is 9.69 Å². The molecule has 0 spiro atoms. The first-order valence-electron chi connectivity index (χ1n) is 6.15. The molecule has 7 heteroatoms. The van der Waals surface area contributed by atoms with Crippen molar-refractivity contribution in [1.82, 2.24) is 10.2 Å². The molecule has 0 bridgehead atoms. The highest BCUT2D eigenvalue weighted by atomic mass is 19.4. The van der Waals surface area contributed by atoms with E-state index in [-0.39, 0.29) is 6.04 Å². The summed E-state index contributed by atoms with van der Waals surface area (Å²) in [4.78, 5) is 12.8. The fraction of sp³-hybridized carbons (Fsp3) is 0.909. The van der Waals surface area contributed by atoms with Crippen LogP contribution in [0, 0.1) is 5.92 Å². The summed E-state index contributed by atoms with van der Waals surface area (Å²) in [6.07, 6.45) is -1.55. The third-order valence-corrected chi connectivity index (χ3v) is 3.59. The van der Waals surface area contributed by atoms with E-state index in [0.29, 0.717) is 6.04 Å². The predicted molar refractivity (Wildman–Crippen MR) is 58.2 cm³/mol. The number of alkyl halides is 3. The molecule has 104 valence electrons. The number of rotatable bonds is 5. The molecule has 2 atom stereocenters. The molecular formula is C11H17F3N2O2. The van der Waals surface area contributed by atoms with Crippen molar-refractivity contribution in [1.29, 1.82) is 0 Å². The number of carboxylic acids is 1. The molecule has 1 saturated carbocycles. The zero-order valence-electron chi connectivity index (χ0n) is 9.91. The Balaban J connectivity index is 1.77. The first-order chi connectivity index (χ1) is 8.38. The Bertz CT molecular complexity index is 318. The van der Waals surface area contributed by atoms with Crippen molar-refractivity contribution < 1.29 is 23.1 Å². The normalized spacial score (nSPS) is 27.4. The first-order valence-corrected chi connectivity index (χ1v) is 6.15. The molecule has 0 amide bonds. The number of likely N-dealkylation sites (tertiary alicyclic amines) is 1. The Labute approximate surface area is 103 Å². The quantitative estimate of drug-likeness (QED) is 0.781. The van der Waals surface area contributed by atoms with Crippen molar-refractivity contribution in [2.24, 2.45) is 5.92 Å². The first kappa shape index (κ1) is 13.6. The van der Waals surface area contributed by atoms with Gasteiger partial charge in [-0.2, -0.15) is 13.2 Å². The van der Waals surface area contributed by atoms with Crippen molar-refractivity contribution in [3.63, 3.8) is 0 Å². The number of aliphatic carboxylic acids is 1. The zero-order valence-corrected chi connectivity index (χ0v) is 9.91. The van der Waals surface area contributed by atoms with Gasteiger partial charge < -0.3 is 10.4 Å². The Hall–Kier alpha value is -0.820. The number of carboxylic acid groups (broad SMARTS) is 1. The SMILES string of the molecule is O=C(O)C(CNC1CCN(C2CC2)C1)C(F)(F)F. The van der Waals surface area contributed by atoms with Gasteiger partial charge in [-0.1, -0.05) is 0 Å². The van der Waals surface area contributed by atoms with Gasteiger partial charge in [-0.15, -0.1) is 0 Å². The lowest BCUT2D eigenvalue weighted by Crippen LogP contribution is -2.43. The molecule has 4 nitrogen and oxygen atoms in total. The van der Waals surface area contributed by atoms with Crippen LogP contribution in [0.4, 0.5) is 13.2 Å². The molecule has 2 rings (SSSR count). The van der Waals surface area contributed by atoms with Crippen molar-refractivity contribution in [2.75, 3.05) is 19.6 Å². The molecule has 1 saturated heterocycles. The molecule has 18 heavy (non-hydrogen) atoms. The third-order valence-electron chi connectivity index (χ3n) is 3.59. The molecule has 0 aromatic heterocycles. The fourth-order valence-corrected chi connectivity index (χ4v) is 2.35. The summed E-state index contributed by atoms with van der Waals surface area (Å²) in [7, 11) is 0. The van der Waals surface area contributed by atoms with Crippen molar-refractivity contribution in [2.45, 2.75) is 37.5 Å². The van der Waals surface area contributed by atoms with Gasteiger partial charge in [-0.05, 0) is 19.3 Å². The van der Waals surface area contributed by atoms with Gasteiger partial charge in [0.15, 0.2) is 5.92 Å². The summed E-state index contributed by atoms with van der Waals surface area (Å²) in [5, 5.41) is 11.3. The maximum atomic E-state index is 12.4. The van der Waals surface area contributed by atoms with Crippen LogP contribution in [0.15, 0.2) is 0 Å². The van der Waals surface area contributed by atoms with Gasteiger partial charge in [0.05, 0.1) is 0 Å². The minimum absolute atomic E-state index is 0.0187. The fourth-order valence-electron chi connectivity index (χ4n) is 2.35. The molecule has 1 aliphatic heterocycles. The van der Waals surface area contributed by atoms with Crippen molar-refractivity contribution in [3.05, 3.63) is 0 Å². The van der Waals surface area contributed by atoms with E-state index in [1.54, 1.807) is 0 Å². The van der Waals surface area contributed by atoms with Gasteiger partial charge in [-0.25, -0.2) is 0 Å². The van der Waals surface area contributed by atoms with E-state index in [2.05, 4.69) is 10.2 Å². The molecule has 2 N–H and O–H groups in total. The van der Waals surface area contributed by atoms with E-state index in [0.717, 1.165) is 19.5 Å². The largest absolute Gasteiger partial charge is 0.481 e. The summed E-state index contributed by atoms with van der Waals surface area (Å²) >= 11 is 0. The second-order valence-electron chi connectivity index (χ2n) is 5.05. The van der Waals surface area contributed by atoms with Gasteiger partial charge in [0.1, 0.15) is 0 Å². The van der Waals surface area contributed by atoms with Crippen LogP contribution >= 0.6 is 0 Å². The highest BCUT2D eigenvalue weighted by molar-refractivity contribution is 5.71. The Morgan fingerprint density at radius 1 is 1.39 bits per heavy atom. The van der Waals surface area contributed by atoms with Crippen LogP contribution in [0.3, 0.4) is 0 Å². The van der Waals surface area contributed by atoms with Crippen molar-refractivity contribution in [3.8, 4) is 0 Å². The molecule has 0 aromatic carbocycles. The summed E-state index contributed by atoms with van der Waals surface area (Å²) in [6, 6.07) is 0.587. The second kappa shape index (κ2) is 5.05. The molecule has 2 unspecified atom stereocenters. The number of nitrogens with one attached hydrogen (secondary N) is 1. The highest BCUT2D eigenvalue weighted by Crippen LogP contribution is 2.30. The number of nitrogens with zero attached hydrogens (tertiary/aromatic N) is 1. The maximum absolute atomic E-state index is 12.4. The smallest absolute Gasteiger partial charge is 0.403 e. The monoisotopic (exact) mass is 266 g/mol. The topological polar surface area (TPSA) is 52.6 Å². The lowest BCUT2D eigenvalue weighted by molar-refractivity contribution is -0.192. The van der Waals surface area contributed by atoms with Crippen LogP contribution in [0.25, 0.3) is 0 Å². The standard InChI is InChI=1S/C11H17F3N2O2/c12-11(13,14)9(10(17)18)5-15-7-3-4-16(6-7)8-1-2-8/h7-9,15H,1-6H2,(H,17,18). The number of halogens is 3. The highest BCUT2D eigenvalue weighted by Gasteiger charge is 2.45. The van der Waals surface area contributed by atoms with Crippen LogP contribution in [0.5, 0.6) is 0 Å². The van der Waals surface area contributed by atoms with E-state index in [1.165, 1.54) is 12.8 Å². The third kappa shape index (κ3) is 3.35. The van der Waals surface area contributed by atoms with Crippen LogP contribution < -0.4 is 5.32 Å². The van der Waals surface area contributed by atoms with E-state index in [9.17, 15) is 18.0 Å². The van der Waals surface area contributed by atoms with E-state index in [4.69, 9.17) is 5.11 Å². The number of hydrogen-bond donors (Lipinski definition) is 2. The number of hydrogen-bond acceptors (Lipinski definition) is 3. The predicted octanol–water partition coefficient (Wildman–Crippen LogP) is 1.08. The lowest BCUT2D eigenvalue weighted by Gasteiger charge is -2.20. The van der Waals surface area contributed by atoms with Gasteiger partial charge in [0, 0.05) is 31.7 Å². The Kier molecular flexibility index (Phi) is 3.82. The number of carbonyl (C=O) groups is 1. The Morgan fingerprint density at radius 3 is 2.56 bits per heavy atom. The second-order valence-corrected chi connectivity index (χ2v) is 5.05. The molecule has 1 heterocycles.